The van der Waals surface area contributed by atoms with Gasteiger partial charge in [0.25, 0.3) is 0 Å². The van der Waals surface area contributed by atoms with E-state index < -0.39 is 0 Å². The minimum Gasteiger partial charge on any atom is -0.508 e. The fraction of sp³-hybridized carbons (Fsp3) is 0.0909. The van der Waals surface area contributed by atoms with E-state index in [1.807, 2.05) is 18.3 Å². The van der Waals surface area contributed by atoms with Crippen molar-refractivity contribution in [3.8, 4) is 5.75 Å². The zero-order valence-electron chi connectivity index (χ0n) is 7.20. The van der Waals surface area contributed by atoms with E-state index in [4.69, 9.17) is 5.11 Å². The van der Waals surface area contributed by atoms with Gasteiger partial charge in [-0.15, -0.1) is 0 Å². The molecule has 0 saturated carbocycles. The molecule has 0 unspecified atom stereocenters. The molecule has 2 heteroatoms. The topological polar surface area (TPSA) is 32.3 Å². The van der Waals surface area contributed by atoms with Crippen molar-refractivity contribution in [2.45, 2.75) is 0 Å². The molecule has 0 radical (unpaired) electrons. The molecule has 0 spiro atoms. The summed E-state index contributed by atoms with van der Waals surface area (Å²) < 4.78 is 0. The quantitative estimate of drug-likeness (QED) is 0.679. The maximum Gasteiger partial charge on any atom is 0.115 e. The first kappa shape index (κ1) is 7.92. The van der Waals surface area contributed by atoms with Crippen LogP contribution in [0.3, 0.4) is 0 Å². The van der Waals surface area contributed by atoms with Gasteiger partial charge in [0.1, 0.15) is 5.75 Å². The van der Waals surface area contributed by atoms with Gasteiger partial charge in [0.2, 0.25) is 0 Å². The van der Waals surface area contributed by atoms with Crippen molar-refractivity contribution >= 4 is 5.57 Å². The Kier molecular flexibility index (Phi) is 2.04. The van der Waals surface area contributed by atoms with E-state index in [2.05, 4.69) is 17.5 Å². The van der Waals surface area contributed by atoms with Crippen LogP contribution in [0.4, 0.5) is 0 Å². The van der Waals surface area contributed by atoms with Gasteiger partial charge >= 0.3 is 0 Å². The van der Waals surface area contributed by atoms with Crippen molar-refractivity contribution in [3.05, 3.63) is 48.2 Å². The van der Waals surface area contributed by atoms with Crippen molar-refractivity contribution in [3.63, 3.8) is 0 Å². The average Bonchev–Trinajstić information content (AvgIpc) is 2.20. The summed E-state index contributed by atoms with van der Waals surface area (Å²) in [5, 5.41) is 12.2. The maximum absolute atomic E-state index is 9.10. The zero-order chi connectivity index (χ0) is 9.10. The van der Waals surface area contributed by atoms with Crippen LogP contribution in [0.1, 0.15) is 5.56 Å². The van der Waals surface area contributed by atoms with Gasteiger partial charge in [-0.25, -0.2) is 0 Å². The van der Waals surface area contributed by atoms with Gasteiger partial charge in [0.05, 0.1) is 0 Å². The number of hydrogen-bond donors (Lipinski definition) is 2. The van der Waals surface area contributed by atoms with Crippen molar-refractivity contribution in [1.29, 1.82) is 0 Å². The van der Waals surface area contributed by atoms with Crippen LogP contribution in [0, 0.1) is 0 Å². The van der Waals surface area contributed by atoms with E-state index in [1.54, 1.807) is 12.1 Å². The molecule has 66 valence electrons. The number of nitrogens with one attached hydrogen (secondary N) is 1. The highest BCUT2D eigenvalue weighted by molar-refractivity contribution is 5.74. The lowest BCUT2D eigenvalue weighted by molar-refractivity contribution is 0.475. The molecular formula is C11H11NO. The molecule has 0 aliphatic carbocycles. The lowest BCUT2D eigenvalue weighted by Gasteiger charge is -2.08. The molecule has 0 fully saturated rings. The molecular weight excluding hydrogens is 162 g/mol. The van der Waals surface area contributed by atoms with Crippen LogP contribution in [0.25, 0.3) is 5.57 Å². The Balaban J connectivity index is 2.30. The van der Waals surface area contributed by atoms with Crippen LogP contribution >= 0.6 is 0 Å². The zero-order valence-corrected chi connectivity index (χ0v) is 7.20. The van der Waals surface area contributed by atoms with E-state index in [0.29, 0.717) is 5.75 Å². The Bertz CT molecular complexity index is 349. The average molecular weight is 173 g/mol. The smallest absolute Gasteiger partial charge is 0.115 e. The lowest BCUT2D eigenvalue weighted by atomic mass is 10.1. The standard InChI is InChI=1S/C11H11NO/c13-11-5-3-9(4-6-11)10-2-1-7-12-8-10/h1-6,8,12-13H,7H2. The Morgan fingerprint density at radius 1 is 1.15 bits per heavy atom. The number of phenolic OH excluding ortho intramolecular Hbond substituents is 1. The maximum atomic E-state index is 9.10. The second-order valence-electron chi connectivity index (χ2n) is 2.96. The molecule has 0 saturated heterocycles. The molecule has 1 heterocycles. The molecule has 1 aliphatic rings. The van der Waals surface area contributed by atoms with Crippen LogP contribution in [0.5, 0.6) is 5.75 Å². The van der Waals surface area contributed by atoms with Crippen LogP contribution in [0.15, 0.2) is 42.6 Å². The van der Waals surface area contributed by atoms with E-state index >= 15 is 0 Å². The molecule has 13 heavy (non-hydrogen) atoms. The third-order valence-corrected chi connectivity index (χ3v) is 1.99. The predicted molar refractivity (Wildman–Crippen MR) is 53.2 cm³/mol. The van der Waals surface area contributed by atoms with Crippen molar-refractivity contribution < 1.29 is 5.11 Å². The summed E-state index contributed by atoms with van der Waals surface area (Å²) in [4.78, 5) is 0. The number of rotatable bonds is 1. The molecule has 0 bridgehead atoms. The fourth-order valence-electron chi connectivity index (χ4n) is 1.30. The summed E-state index contributed by atoms with van der Waals surface area (Å²) in [7, 11) is 0. The lowest BCUT2D eigenvalue weighted by Crippen LogP contribution is -2.08. The third-order valence-electron chi connectivity index (χ3n) is 1.99. The summed E-state index contributed by atoms with van der Waals surface area (Å²) in [5.74, 6) is 0.303. The van der Waals surface area contributed by atoms with Gasteiger partial charge in [-0.3, -0.25) is 0 Å². The van der Waals surface area contributed by atoms with Gasteiger partial charge in [-0.1, -0.05) is 24.3 Å². The summed E-state index contributed by atoms with van der Waals surface area (Å²) >= 11 is 0. The van der Waals surface area contributed by atoms with Gasteiger partial charge in [0.15, 0.2) is 0 Å². The molecule has 1 aliphatic heterocycles. The van der Waals surface area contributed by atoms with Gasteiger partial charge < -0.3 is 10.4 Å². The highest BCUT2D eigenvalue weighted by atomic mass is 16.3. The van der Waals surface area contributed by atoms with E-state index in [1.165, 1.54) is 0 Å². The Hall–Kier alpha value is -1.70. The number of benzene rings is 1. The Morgan fingerprint density at radius 3 is 2.54 bits per heavy atom. The third kappa shape index (κ3) is 1.72. The van der Waals surface area contributed by atoms with Gasteiger partial charge in [-0.2, -0.15) is 0 Å². The van der Waals surface area contributed by atoms with Crippen LogP contribution < -0.4 is 5.32 Å². The molecule has 2 nitrogen and oxygen atoms in total. The Morgan fingerprint density at radius 2 is 1.92 bits per heavy atom. The molecule has 0 aromatic heterocycles. The summed E-state index contributed by atoms with van der Waals surface area (Å²) in [5.41, 5.74) is 2.26. The molecule has 0 amide bonds. The summed E-state index contributed by atoms with van der Waals surface area (Å²) in [6.07, 6.45) is 6.12. The largest absolute Gasteiger partial charge is 0.508 e. The molecule has 0 atom stereocenters. The first-order valence-electron chi connectivity index (χ1n) is 4.26. The van der Waals surface area contributed by atoms with Crippen LogP contribution in [-0.4, -0.2) is 11.7 Å². The first-order chi connectivity index (χ1) is 6.36. The van der Waals surface area contributed by atoms with Gasteiger partial charge in [0, 0.05) is 12.7 Å². The number of dihydropyridines is 1. The fourth-order valence-corrected chi connectivity index (χ4v) is 1.30. The SMILES string of the molecule is Oc1ccc(C2=CNCC=C2)cc1. The minimum atomic E-state index is 0.303. The van der Waals surface area contributed by atoms with Crippen LogP contribution in [0.2, 0.25) is 0 Å². The van der Waals surface area contributed by atoms with Crippen LogP contribution in [-0.2, 0) is 0 Å². The highest BCUT2D eigenvalue weighted by Gasteiger charge is 1.99. The summed E-state index contributed by atoms with van der Waals surface area (Å²) in [6, 6.07) is 7.19. The minimum absolute atomic E-state index is 0.303. The van der Waals surface area contributed by atoms with Crippen molar-refractivity contribution in [2.24, 2.45) is 0 Å². The molecule has 1 aromatic carbocycles. The summed E-state index contributed by atoms with van der Waals surface area (Å²) in [6.45, 7) is 0.890. The normalized spacial score (nSPS) is 14.9. The van der Waals surface area contributed by atoms with Crippen molar-refractivity contribution in [2.75, 3.05) is 6.54 Å². The Labute approximate surface area is 77.2 Å². The first-order valence-corrected chi connectivity index (χ1v) is 4.26. The second-order valence-corrected chi connectivity index (χ2v) is 2.96. The number of hydrogen-bond acceptors (Lipinski definition) is 2. The molecule has 1 aromatic rings. The predicted octanol–water partition coefficient (Wildman–Crippen LogP) is 1.89. The number of phenols is 1. The molecule has 2 rings (SSSR count). The van der Waals surface area contributed by atoms with Gasteiger partial charge in [-0.05, 0) is 23.3 Å². The van der Waals surface area contributed by atoms with E-state index in [9.17, 15) is 0 Å². The highest BCUT2D eigenvalue weighted by Crippen LogP contribution is 2.19. The van der Waals surface area contributed by atoms with E-state index in [-0.39, 0.29) is 0 Å². The number of aromatic hydroxyl groups is 1. The van der Waals surface area contributed by atoms with E-state index in [0.717, 1.165) is 17.7 Å². The number of allylic oxidation sites excluding steroid dienone is 2. The molecule has 2 N–H and O–H groups in total. The van der Waals surface area contributed by atoms with Crippen molar-refractivity contribution in [1.82, 2.24) is 5.32 Å². The second kappa shape index (κ2) is 3.35. The monoisotopic (exact) mass is 173 g/mol.